The van der Waals surface area contributed by atoms with E-state index in [2.05, 4.69) is 64.1 Å². The van der Waals surface area contributed by atoms with Crippen LogP contribution in [0.15, 0.2) is 133 Å². The maximum absolute atomic E-state index is 12.5. The van der Waals surface area contributed by atoms with Crippen molar-refractivity contribution >= 4 is 65.5 Å². The second-order valence-electron chi connectivity index (χ2n) is 14.7. The number of morpholine rings is 1. The van der Waals surface area contributed by atoms with Crippen LogP contribution in [0.4, 0.5) is 5.88 Å². The van der Waals surface area contributed by atoms with Gasteiger partial charge in [0, 0.05) is 74.4 Å². The van der Waals surface area contributed by atoms with Gasteiger partial charge in [0.05, 0.1) is 34.2 Å². The fraction of sp³-hybridized carbons (Fsp3) is 0.326. The van der Waals surface area contributed by atoms with Gasteiger partial charge in [-0.15, -0.1) is 0 Å². The fourth-order valence-electron chi connectivity index (χ4n) is 6.54. The Bertz CT molecular complexity index is 2330. The molecule has 0 N–H and O–H groups in total. The van der Waals surface area contributed by atoms with Crippen LogP contribution >= 0.6 is 47.0 Å². The number of hydrogen-bond donors (Lipinski definition) is 0. The summed E-state index contributed by atoms with van der Waals surface area (Å²) in [5.41, 5.74) is 1.09. The zero-order valence-corrected chi connectivity index (χ0v) is 36.4. The molecule has 5 heterocycles. The van der Waals surface area contributed by atoms with Crippen LogP contribution in [0.25, 0.3) is 11.3 Å². The molecule has 4 aromatic carbocycles. The summed E-state index contributed by atoms with van der Waals surface area (Å²) < 4.78 is 46.2. The van der Waals surface area contributed by atoms with Crippen molar-refractivity contribution in [3.63, 3.8) is 0 Å². The van der Waals surface area contributed by atoms with E-state index in [0.717, 1.165) is 47.0 Å². The molecule has 4 aliphatic heterocycles. The van der Waals surface area contributed by atoms with Gasteiger partial charge in [-0.25, -0.2) is 0 Å². The van der Waals surface area contributed by atoms with Crippen LogP contribution in [0.5, 0.6) is 11.5 Å². The molecule has 0 amide bonds. The average molecular weight is 858 g/mol. The van der Waals surface area contributed by atoms with E-state index in [1.165, 1.54) is 14.7 Å². The summed E-state index contributed by atoms with van der Waals surface area (Å²) in [7, 11) is 2.82. The highest BCUT2D eigenvalue weighted by atomic mass is 32.2. The summed E-state index contributed by atoms with van der Waals surface area (Å²) >= 11 is 6.78. The van der Waals surface area contributed by atoms with E-state index in [1.54, 1.807) is 73.4 Å². The Kier molecular flexibility index (Phi) is 12.5. The zero-order valence-electron chi connectivity index (χ0n) is 33.2. The van der Waals surface area contributed by atoms with Crippen LogP contribution in [0.2, 0.25) is 0 Å². The number of anilines is 1. The number of methoxy groups -OCH3 is 2. The van der Waals surface area contributed by atoms with Gasteiger partial charge < -0.3 is 42.3 Å². The van der Waals surface area contributed by atoms with E-state index >= 15 is 0 Å². The molecule has 0 atom stereocenters. The van der Waals surface area contributed by atoms with E-state index in [1.807, 2.05) is 41.3 Å². The van der Waals surface area contributed by atoms with Gasteiger partial charge in [0.2, 0.25) is 0 Å². The molecular formula is C43H44BNO9S4. The van der Waals surface area contributed by atoms with E-state index in [0.29, 0.717) is 37.9 Å². The van der Waals surface area contributed by atoms with Gasteiger partial charge >= 0.3 is 7.12 Å². The molecule has 302 valence electrons. The summed E-state index contributed by atoms with van der Waals surface area (Å²) in [6.45, 7) is 11.3. The smallest absolute Gasteiger partial charge is 0.466 e. The first-order chi connectivity index (χ1) is 28.0. The van der Waals surface area contributed by atoms with E-state index in [9.17, 15) is 4.79 Å². The third-order valence-electron chi connectivity index (χ3n) is 10.2. The van der Waals surface area contributed by atoms with E-state index < -0.39 is 7.12 Å². The minimum atomic E-state index is -0.404. The number of benzene rings is 4. The lowest BCUT2D eigenvalue weighted by Crippen LogP contribution is -2.41. The van der Waals surface area contributed by atoms with Crippen molar-refractivity contribution in [1.29, 1.82) is 0 Å². The lowest BCUT2D eigenvalue weighted by atomic mass is 9.79. The van der Waals surface area contributed by atoms with E-state index in [4.69, 9.17) is 37.4 Å². The third-order valence-corrected chi connectivity index (χ3v) is 15.6. The molecule has 15 heteroatoms. The normalized spacial score (nSPS) is 17.3. The molecule has 10 nitrogen and oxygen atoms in total. The third kappa shape index (κ3) is 8.56. The fourth-order valence-corrected chi connectivity index (χ4v) is 11.5. The molecule has 0 saturated carbocycles. The Morgan fingerprint density at radius 3 is 1.71 bits per heavy atom. The topological polar surface area (TPSA) is 98.1 Å². The Morgan fingerprint density at radius 1 is 0.655 bits per heavy atom. The molecule has 2 saturated heterocycles. The molecule has 0 bridgehead atoms. The van der Waals surface area contributed by atoms with Crippen molar-refractivity contribution < 1.29 is 37.4 Å². The first-order valence-electron chi connectivity index (χ1n) is 18.9. The van der Waals surface area contributed by atoms with Crippen molar-refractivity contribution in [3.05, 3.63) is 95.2 Å². The number of hydrogen-bond acceptors (Lipinski definition) is 14. The van der Waals surface area contributed by atoms with E-state index in [-0.39, 0.29) is 30.2 Å². The molecular weight excluding hydrogens is 814 g/mol. The first kappa shape index (κ1) is 41.2. The minimum Gasteiger partial charge on any atom is -0.466 e. The van der Waals surface area contributed by atoms with Crippen molar-refractivity contribution in [2.45, 2.75) is 78.1 Å². The summed E-state index contributed by atoms with van der Waals surface area (Å²) in [5.74, 6) is 2.70. The zero-order chi connectivity index (χ0) is 40.4. The lowest BCUT2D eigenvalue weighted by Gasteiger charge is -2.32. The number of ether oxygens (including phenoxy) is 5. The van der Waals surface area contributed by atoms with Gasteiger partial charge in [0.15, 0.2) is 24.9 Å². The minimum absolute atomic E-state index is 0.0786. The van der Waals surface area contributed by atoms with Crippen molar-refractivity contribution in [3.8, 4) is 22.8 Å². The van der Waals surface area contributed by atoms with Gasteiger partial charge in [-0.1, -0.05) is 77.4 Å². The molecule has 1 aromatic heterocycles. The first-order valence-corrected chi connectivity index (χ1v) is 22.1. The van der Waals surface area contributed by atoms with Crippen LogP contribution in [0.1, 0.15) is 27.7 Å². The predicted octanol–water partition coefficient (Wildman–Crippen LogP) is 9.33. The second kappa shape index (κ2) is 17.6. The Hall–Kier alpha value is -3.51. The SMILES string of the molecule is COCOc1ccc(-c2cc(=O)cc(N3CCOCC3)o2)c2c1Sc1ccccc1S2.COCOc1ccc(B2OC(C)(C)C(C)(C)O2)c2c1Sc1ccccc1S2. The molecule has 58 heavy (non-hydrogen) atoms. The number of nitrogens with zero attached hydrogens (tertiary/aromatic N) is 1. The standard InChI is InChI=1S/C23H21NO5S2.C20H23BO4S2/c1-26-14-28-17-7-6-16(22-23(17)31-20-5-3-2-4-19(20)30-22)18-12-15(25)13-21(29-18)24-8-10-27-11-9-24;1-19(2)20(3,4)25-21(24-19)13-10-11-14(23-12-22-5)18-17(13)26-15-8-6-7-9-16(15)27-18/h2-7,12-13H,8-11,14H2,1H3;6-11H,12H2,1-5H3. The summed E-state index contributed by atoms with van der Waals surface area (Å²) in [6.07, 6.45) is 0. The molecule has 5 aromatic rings. The van der Waals surface area contributed by atoms with Crippen LogP contribution < -0.4 is 25.3 Å². The largest absolute Gasteiger partial charge is 0.496 e. The monoisotopic (exact) mass is 857 g/mol. The Labute approximate surface area is 356 Å². The van der Waals surface area contributed by atoms with Crippen LogP contribution in [0.3, 0.4) is 0 Å². The average Bonchev–Trinajstić information content (AvgIpc) is 3.45. The van der Waals surface area contributed by atoms with Crippen LogP contribution in [-0.4, -0.2) is 72.4 Å². The highest BCUT2D eigenvalue weighted by molar-refractivity contribution is 8.05. The van der Waals surface area contributed by atoms with Crippen molar-refractivity contribution in [2.75, 3.05) is 59.0 Å². The van der Waals surface area contributed by atoms with Gasteiger partial charge in [0.25, 0.3) is 0 Å². The lowest BCUT2D eigenvalue weighted by molar-refractivity contribution is 0.00578. The van der Waals surface area contributed by atoms with Crippen LogP contribution in [-0.2, 0) is 23.5 Å². The maximum Gasteiger partial charge on any atom is 0.496 e. The summed E-state index contributed by atoms with van der Waals surface area (Å²) in [6, 6.07) is 27.7. The quantitative estimate of drug-likeness (QED) is 0.102. The molecule has 0 unspecified atom stereocenters. The highest BCUT2D eigenvalue weighted by Crippen LogP contribution is 2.55. The molecule has 0 aliphatic carbocycles. The number of fused-ring (bicyclic) bond motifs is 4. The van der Waals surface area contributed by atoms with Crippen LogP contribution in [0, 0.1) is 0 Å². The molecule has 9 rings (SSSR count). The molecule has 4 aliphatic rings. The number of rotatable bonds is 9. The second-order valence-corrected chi connectivity index (χ2v) is 18.9. The highest BCUT2D eigenvalue weighted by Gasteiger charge is 2.52. The maximum atomic E-state index is 12.5. The Morgan fingerprint density at radius 2 is 1.16 bits per heavy atom. The Balaban J connectivity index is 0.000000164. The van der Waals surface area contributed by atoms with Gasteiger partial charge in [0.1, 0.15) is 17.3 Å². The molecule has 0 spiro atoms. The van der Waals surface area contributed by atoms with Crippen molar-refractivity contribution in [2.24, 2.45) is 0 Å². The summed E-state index contributed by atoms with van der Waals surface area (Å²) in [5, 5.41) is 0. The van der Waals surface area contributed by atoms with Crippen molar-refractivity contribution in [1.82, 2.24) is 0 Å². The predicted molar refractivity (Wildman–Crippen MR) is 230 cm³/mol. The van der Waals surface area contributed by atoms with Gasteiger partial charge in [-0.2, -0.15) is 0 Å². The molecule has 0 radical (unpaired) electrons. The summed E-state index contributed by atoms with van der Waals surface area (Å²) in [4.78, 5) is 23.6. The van der Waals surface area contributed by atoms with Gasteiger partial charge in [-0.05, 0) is 75.6 Å². The molecule has 2 fully saturated rings. The van der Waals surface area contributed by atoms with Gasteiger partial charge in [-0.3, -0.25) is 4.79 Å².